The van der Waals surface area contributed by atoms with Crippen LogP contribution in [0.25, 0.3) is 11.4 Å². The molecule has 0 atom stereocenters. The average Bonchev–Trinajstić information content (AvgIpc) is 3.08. The van der Waals surface area contributed by atoms with Crippen molar-refractivity contribution in [1.29, 1.82) is 0 Å². The zero-order valence-corrected chi connectivity index (χ0v) is 18.3. The number of benzene rings is 2. The molecule has 0 spiro atoms. The number of carbonyl (C=O) groups is 1. The lowest BCUT2D eigenvalue weighted by Gasteiger charge is -2.17. The Labute approximate surface area is 177 Å². The standard InChI is InChI=1S/C20H21BrN4O2S/c1-24(12-14-7-9-16(21)10-8-14)18(26)13-28-20-23-22-19(25(20)2)15-5-4-6-17(11-15)27-3/h4-11H,12-13H2,1-3H3. The van der Waals surface area contributed by atoms with E-state index in [1.165, 1.54) is 11.8 Å². The Hall–Kier alpha value is -2.32. The number of halogens is 1. The van der Waals surface area contributed by atoms with E-state index in [1.54, 1.807) is 12.0 Å². The molecule has 146 valence electrons. The quantitative estimate of drug-likeness (QED) is 0.498. The van der Waals surface area contributed by atoms with Gasteiger partial charge >= 0.3 is 0 Å². The maximum atomic E-state index is 12.5. The summed E-state index contributed by atoms with van der Waals surface area (Å²) in [6, 6.07) is 15.6. The van der Waals surface area contributed by atoms with Crippen molar-refractivity contribution in [3.8, 4) is 17.1 Å². The third-order valence-corrected chi connectivity index (χ3v) is 5.78. The summed E-state index contributed by atoms with van der Waals surface area (Å²) in [6.45, 7) is 0.570. The van der Waals surface area contributed by atoms with Gasteiger partial charge in [0.1, 0.15) is 5.75 Å². The number of amides is 1. The predicted molar refractivity (Wildman–Crippen MR) is 114 cm³/mol. The Kier molecular flexibility index (Phi) is 6.74. The molecule has 0 unspecified atom stereocenters. The molecule has 6 nitrogen and oxygen atoms in total. The molecule has 0 aliphatic heterocycles. The molecule has 8 heteroatoms. The summed E-state index contributed by atoms with van der Waals surface area (Å²) in [5.74, 6) is 1.84. The average molecular weight is 461 g/mol. The van der Waals surface area contributed by atoms with Crippen LogP contribution in [0.3, 0.4) is 0 Å². The summed E-state index contributed by atoms with van der Waals surface area (Å²) >= 11 is 4.80. The van der Waals surface area contributed by atoms with Crippen LogP contribution in [0.5, 0.6) is 5.75 Å². The summed E-state index contributed by atoms with van der Waals surface area (Å²) in [7, 11) is 5.34. The first kappa shape index (κ1) is 20.4. The van der Waals surface area contributed by atoms with Crippen molar-refractivity contribution in [2.45, 2.75) is 11.7 Å². The SMILES string of the molecule is COc1cccc(-c2nnc(SCC(=O)N(C)Cc3ccc(Br)cc3)n2C)c1. The van der Waals surface area contributed by atoms with E-state index in [1.807, 2.05) is 67.2 Å². The largest absolute Gasteiger partial charge is 0.497 e. The molecule has 0 fully saturated rings. The number of nitrogens with zero attached hydrogens (tertiary/aromatic N) is 4. The normalized spacial score (nSPS) is 10.7. The Bertz CT molecular complexity index is 959. The molecule has 3 aromatic rings. The first-order valence-corrected chi connectivity index (χ1v) is 10.4. The first-order valence-electron chi connectivity index (χ1n) is 8.63. The number of methoxy groups -OCH3 is 1. The highest BCUT2D eigenvalue weighted by Crippen LogP contribution is 2.25. The van der Waals surface area contributed by atoms with Crippen LogP contribution in [-0.4, -0.2) is 45.5 Å². The molecule has 0 saturated heterocycles. The number of ether oxygens (including phenoxy) is 1. The highest BCUT2D eigenvalue weighted by molar-refractivity contribution is 9.10. The van der Waals surface area contributed by atoms with Crippen LogP contribution in [0, 0.1) is 0 Å². The number of thioether (sulfide) groups is 1. The van der Waals surface area contributed by atoms with Crippen LogP contribution in [-0.2, 0) is 18.4 Å². The molecular weight excluding hydrogens is 440 g/mol. The molecule has 1 heterocycles. The molecule has 1 aromatic heterocycles. The molecule has 0 bridgehead atoms. The van der Waals surface area contributed by atoms with E-state index in [0.717, 1.165) is 27.2 Å². The molecule has 1 amide bonds. The van der Waals surface area contributed by atoms with Crippen molar-refractivity contribution in [2.75, 3.05) is 19.9 Å². The highest BCUT2D eigenvalue weighted by Gasteiger charge is 2.15. The van der Waals surface area contributed by atoms with Gasteiger partial charge in [0.25, 0.3) is 0 Å². The van der Waals surface area contributed by atoms with Gasteiger partial charge in [-0.15, -0.1) is 10.2 Å². The molecular formula is C20H21BrN4O2S. The smallest absolute Gasteiger partial charge is 0.233 e. The lowest BCUT2D eigenvalue weighted by Crippen LogP contribution is -2.27. The third-order valence-electron chi connectivity index (χ3n) is 4.25. The summed E-state index contributed by atoms with van der Waals surface area (Å²) in [5, 5.41) is 9.20. The van der Waals surface area contributed by atoms with E-state index in [9.17, 15) is 4.79 Å². The first-order chi connectivity index (χ1) is 13.5. The van der Waals surface area contributed by atoms with Crippen LogP contribution in [0.1, 0.15) is 5.56 Å². The monoisotopic (exact) mass is 460 g/mol. The lowest BCUT2D eigenvalue weighted by molar-refractivity contribution is -0.127. The van der Waals surface area contributed by atoms with E-state index < -0.39 is 0 Å². The van der Waals surface area contributed by atoms with Crippen LogP contribution in [0.4, 0.5) is 0 Å². The fourth-order valence-corrected chi connectivity index (χ4v) is 3.76. The molecule has 2 aromatic carbocycles. The number of rotatable bonds is 7. The van der Waals surface area contributed by atoms with Gasteiger partial charge in [-0.3, -0.25) is 4.79 Å². The van der Waals surface area contributed by atoms with Gasteiger partial charge in [-0.25, -0.2) is 0 Å². The van der Waals surface area contributed by atoms with Crippen LogP contribution in [0.15, 0.2) is 58.2 Å². The van der Waals surface area contributed by atoms with Gasteiger partial charge < -0.3 is 14.2 Å². The highest BCUT2D eigenvalue weighted by atomic mass is 79.9. The zero-order valence-electron chi connectivity index (χ0n) is 15.9. The van der Waals surface area contributed by atoms with Crippen molar-refractivity contribution in [1.82, 2.24) is 19.7 Å². The minimum atomic E-state index is 0.0406. The van der Waals surface area contributed by atoms with E-state index in [4.69, 9.17) is 4.74 Å². The molecule has 0 saturated carbocycles. The Morgan fingerprint density at radius 1 is 1.21 bits per heavy atom. The summed E-state index contributed by atoms with van der Waals surface area (Å²) in [4.78, 5) is 14.2. The Balaban J connectivity index is 1.62. The van der Waals surface area contributed by atoms with Crippen LogP contribution >= 0.6 is 27.7 Å². The maximum Gasteiger partial charge on any atom is 0.233 e. The van der Waals surface area contributed by atoms with Gasteiger partial charge in [-0.05, 0) is 29.8 Å². The third kappa shape index (κ3) is 4.94. The second kappa shape index (κ2) is 9.25. The minimum absolute atomic E-state index is 0.0406. The minimum Gasteiger partial charge on any atom is -0.497 e. The lowest BCUT2D eigenvalue weighted by atomic mass is 10.2. The fraction of sp³-hybridized carbons (Fsp3) is 0.250. The summed E-state index contributed by atoms with van der Waals surface area (Å²) < 4.78 is 8.18. The van der Waals surface area contributed by atoms with Crippen LogP contribution < -0.4 is 4.74 Å². The number of aromatic nitrogens is 3. The fourth-order valence-electron chi connectivity index (χ4n) is 2.64. The van der Waals surface area contributed by atoms with Crippen molar-refractivity contribution < 1.29 is 9.53 Å². The van der Waals surface area contributed by atoms with Gasteiger partial charge in [-0.1, -0.05) is 52.0 Å². The molecule has 0 aliphatic rings. The second-order valence-corrected chi connectivity index (χ2v) is 8.12. The second-order valence-electron chi connectivity index (χ2n) is 6.26. The molecule has 0 aliphatic carbocycles. The summed E-state index contributed by atoms with van der Waals surface area (Å²) in [5.41, 5.74) is 2.00. The van der Waals surface area contributed by atoms with Gasteiger partial charge in [-0.2, -0.15) is 0 Å². The van der Waals surface area contributed by atoms with Crippen molar-refractivity contribution >= 4 is 33.6 Å². The maximum absolute atomic E-state index is 12.5. The van der Waals surface area contributed by atoms with Gasteiger partial charge in [0.05, 0.1) is 12.9 Å². The zero-order chi connectivity index (χ0) is 20.1. The molecule has 28 heavy (non-hydrogen) atoms. The number of carbonyl (C=O) groups excluding carboxylic acids is 1. The Morgan fingerprint density at radius 3 is 2.68 bits per heavy atom. The number of hydrogen-bond donors (Lipinski definition) is 0. The molecule has 0 N–H and O–H groups in total. The number of hydrogen-bond acceptors (Lipinski definition) is 5. The van der Waals surface area contributed by atoms with Gasteiger partial charge in [0.15, 0.2) is 11.0 Å². The van der Waals surface area contributed by atoms with Gasteiger partial charge in [0.2, 0.25) is 5.91 Å². The van der Waals surface area contributed by atoms with Crippen LogP contribution in [0.2, 0.25) is 0 Å². The van der Waals surface area contributed by atoms with Crippen molar-refractivity contribution in [3.63, 3.8) is 0 Å². The van der Waals surface area contributed by atoms with E-state index in [2.05, 4.69) is 26.1 Å². The van der Waals surface area contributed by atoms with E-state index in [0.29, 0.717) is 17.5 Å². The van der Waals surface area contributed by atoms with E-state index in [-0.39, 0.29) is 5.91 Å². The molecule has 0 radical (unpaired) electrons. The topological polar surface area (TPSA) is 60.3 Å². The Morgan fingerprint density at radius 2 is 1.96 bits per heavy atom. The van der Waals surface area contributed by atoms with Gasteiger partial charge in [0, 0.05) is 30.7 Å². The van der Waals surface area contributed by atoms with Crippen molar-refractivity contribution in [3.05, 3.63) is 58.6 Å². The summed E-state index contributed by atoms with van der Waals surface area (Å²) in [6.07, 6.45) is 0. The van der Waals surface area contributed by atoms with Crippen molar-refractivity contribution in [2.24, 2.45) is 7.05 Å². The predicted octanol–water partition coefficient (Wildman–Crippen LogP) is 4.00. The van der Waals surface area contributed by atoms with E-state index >= 15 is 0 Å². The molecule has 3 rings (SSSR count).